The fourth-order valence-corrected chi connectivity index (χ4v) is 2.74. The highest BCUT2D eigenvalue weighted by Gasteiger charge is 2.19. The molecule has 0 aromatic heterocycles. The number of likely N-dealkylation sites (N-methyl/N-ethyl adjacent to an activating group) is 1. The lowest BCUT2D eigenvalue weighted by molar-refractivity contribution is 0.102. The Morgan fingerprint density at radius 1 is 1.11 bits per heavy atom. The zero-order valence-electron chi connectivity index (χ0n) is 12.2. The van der Waals surface area contributed by atoms with E-state index in [2.05, 4.69) is 23.6 Å². The lowest BCUT2D eigenvalue weighted by Crippen LogP contribution is -2.49. The molecule has 1 heterocycles. The normalized spacial score (nSPS) is 19.5. The van der Waals surface area contributed by atoms with Gasteiger partial charge < -0.3 is 10.0 Å². The molecule has 19 heavy (non-hydrogen) atoms. The number of hydrogen-bond acceptors (Lipinski definition) is 3. The zero-order valence-corrected chi connectivity index (χ0v) is 12.2. The third-order valence-electron chi connectivity index (χ3n) is 4.26. The van der Waals surface area contributed by atoms with Crippen LogP contribution in [-0.4, -0.2) is 53.7 Å². The van der Waals surface area contributed by atoms with Crippen LogP contribution in [0, 0.1) is 0 Å². The Morgan fingerprint density at radius 2 is 1.74 bits per heavy atom. The molecule has 1 unspecified atom stereocenters. The van der Waals surface area contributed by atoms with E-state index in [4.69, 9.17) is 0 Å². The minimum Gasteiger partial charge on any atom is -0.508 e. The molecule has 0 amide bonds. The van der Waals surface area contributed by atoms with Gasteiger partial charge in [0.2, 0.25) is 0 Å². The Morgan fingerprint density at radius 3 is 2.32 bits per heavy atom. The van der Waals surface area contributed by atoms with Crippen molar-refractivity contribution < 1.29 is 5.11 Å². The standard InChI is InChI=1S/C16H26N2O/c1-3-17-10-12-18(13-11-17)14(2)4-5-15-6-8-16(19)9-7-15/h6-9,14,19H,3-5,10-13H2,1-2H3. The van der Waals surface area contributed by atoms with E-state index in [0.717, 1.165) is 6.42 Å². The van der Waals surface area contributed by atoms with Gasteiger partial charge in [0, 0.05) is 32.2 Å². The van der Waals surface area contributed by atoms with Crippen molar-refractivity contribution in [3.63, 3.8) is 0 Å². The monoisotopic (exact) mass is 262 g/mol. The number of phenols is 1. The first-order chi connectivity index (χ1) is 9.19. The molecule has 3 heteroatoms. The number of piperazine rings is 1. The van der Waals surface area contributed by atoms with Gasteiger partial charge in [-0.2, -0.15) is 0 Å². The molecule has 0 bridgehead atoms. The van der Waals surface area contributed by atoms with Crippen molar-refractivity contribution in [1.82, 2.24) is 9.80 Å². The number of phenolic OH excluding ortho intramolecular Hbond substituents is 1. The zero-order chi connectivity index (χ0) is 13.7. The Labute approximate surface area is 116 Å². The molecule has 0 spiro atoms. The summed E-state index contributed by atoms with van der Waals surface area (Å²) in [6.07, 6.45) is 2.28. The van der Waals surface area contributed by atoms with E-state index in [1.165, 1.54) is 44.7 Å². The number of hydrogen-bond donors (Lipinski definition) is 1. The van der Waals surface area contributed by atoms with Crippen LogP contribution in [0.3, 0.4) is 0 Å². The van der Waals surface area contributed by atoms with E-state index in [1.807, 2.05) is 12.1 Å². The summed E-state index contributed by atoms with van der Waals surface area (Å²) in [7, 11) is 0. The van der Waals surface area contributed by atoms with Crippen LogP contribution in [0.4, 0.5) is 0 Å². The van der Waals surface area contributed by atoms with Gasteiger partial charge in [-0.15, -0.1) is 0 Å². The molecule has 1 atom stereocenters. The van der Waals surface area contributed by atoms with Crippen LogP contribution >= 0.6 is 0 Å². The number of aryl methyl sites for hydroxylation is 1. The fourth-order valence-electron chi connectivity index (χ4n) is 2.74. The van der Waals surface area contributed by atoms with Crippen LogP contribution in [-0.2, 0) is 6.42 Å². The van der Waals surface area contributed by atoms with E-state index in [0.29, 0.717) is 11.8 Å². The van der Waals surface area contributed by atoms with Gasteiger partial charge in [-0.25, -0.2) is 0 Å². The highest BCUT2D eigenvalue weighted by atomic mass is 16.3. The molecule has 1 aromatic rings. The number of aromatic hydroxyl groups is 1. The van der Waals surface area contributed by atoms with Gasteiger partial charge in [-0.1, -0.05) is 19.1 Å². The predicted molar refractivity (Wildman–Crippen MR) is 79.6 cm³/mol. The summed E-state index contributed by atoms with van der Waals surface area (Å²) < 4.78 is 0. The lowest BCUT2D eigenvalue weighted by atomic mass is 10.0. The topological polar surface area (TPSA) is 26.7 Å². The summed E-state index contributed by atoms with van der Waals surface area (Å²) in [6, 6.07) is 8.25. The van der Waals surface area contributed by atoms with Crippen LogP contribution in [0.15, 0.2) is 24.3 Å². The lowest BCUT2D eigenvalue weighted by Gasteiger charge is -2.37. The van der Waals surface area contributed by atoms with Crippen molar-refractivity contribution in [2.75, 3.05) is 32.7 Å². The second-order valence-corrected chi connectivity index (χ2v) is 5.52. The Bertz CT molecular complexity index is 369. The first-order valence-corrected chi connectivity index (χ1v) is 7.43. The second-order valence-electron chi connectivity index (χ2n) is 5.52. The summed E-state index contributed by atoms with van der Waals surface area (Å²) in [5, 5.41) is 9.27. The molecule has 1 N–H and O–H groups in total. The molecular weight excluding hydrogens is 236 g/mol. The maximum atomic E-state index is 9.27. The van der Waals surface area contributed by atoms with Crippen molar-refractivity contribution >= 4 is 0 Å². The highest BCUT2D eigenvalue weighted by molar-refractivity contribution is 5.25. The Balaban J connectivity index is 1.75. The quantitative estimate of drug-likeness (QED) is 0.882. The Kier molecular flexibility index (Phi) is 5.23. The molecule has 0 saturated carbocycles. The van der Waals surface area contributed by atoms with Gasteiger partial charge in [0.05, 0.1) is 0 Å². The minimum atomic E-state index is 0.354. The summed E-state index contributed by atoms with van der Waals surface area (Å²) in [4.78, 5) is 5.12. The fraction of sp³-hybridized carbons (Fsp3) is 0.625. The van der Waals surface area contributed by atoms with E-state index < -0.39 is 0 Å². The molecule has 1 aliphatic rings. The van der Waals surface area contributed by atoms with Crippen LogP contribution in [0.2, 0.25) is 0 Å². The third kappa shape index (κ3) is 4.22. The summed E-state index contributed by atoms with van der Waals surface area (Å²) >= 11 is 0. The van der Waals surface area contributed by atoms with Crippen LogP contribution in [0.25, 0.3) is 0 Å². The SMILES string of the molecule is CCN1CCN(C(C)CCc2ccc(O)cc2)CC1. The number of rotatable bonds is 5. The van der Waals surface area contributed by atoms with Crippen molar-refractivity contribution in [1.29, 1.82) is 0 Å². The van der Waals surface area contributed by atoms with E-state index in [1.54, 1.807) is 12.1 Å². The second kappa shape index (κ2) is 6.92. The average Bonchev–Trinajstić information content (AvgIpc) is 2.46. The predicted octanol–water partition coefficient (Wildman–Crippen LogP) is 2.35. The van der Waals surface area contributed by atoms with Crippen LogP contribution < -0.4 is 0 Å². The van der Waals surface area contributed by atoms with Crippen molar-refractivity contribution in [2.45, 2.75) is 32.7 Å². The third-order valence-corrected chi connectivity index (χ3v) is 4.26. The van der Waals surface area contributed by atoms with Crippen molar-refractivity contribution in [3.05, 3.63) is 29.8 Å². The van der Waals surface area contributed by atoms with Crippen molar-refractivity contribution in [3.8, 4) is 5.75 Å². The minimum absolute atomic E-state index is 0.354. The average molecular weight is 262 g/mol. The number of nitrogens with zero attached hydrogens (tertiary/aromatic N) is 2. The van der Waals surface area contributed by atoms with Gasteiger partial charge in [0.15, 0.2) is 0 Å². The highest BCUT2D eigenvalue weighted by Crippen LogP contribution is 2.15. The first kappa shape index (κ1) is 14.4. The summed E-state index contributed by atoms with van der Waals surface area (Å²) in [6.45, 7) is 10.6. The van der Waals surface area contributed by atoms with Gasteiger partial charge in [0.1, 0.15) is 5.75 Å². The van der Waals surface area contributed by atoms with Gasteiger partial charge >= 0.3 is 0 Å². The maximum absolute atomic E-state index is 9.27. The molecule has 0 aliphatic carbocycles. The van der Waals surface area contributed by atoms with E-state index >= 15 is 0 Å². The molecule has 3 nitrogen and oxygen atoms in total. The number of benzene rings is 1. The van der Waals surface area contributed by atoms with E-state index in [9.17, 15) is 5.11 Å². The smallest absolute Gasteiger partial charge is 0.115 e. The molecule has 1 fully saturated rings. The molecule has 1 saturated heterocycles. The van der Waals surface area contributed by atoms with Gasteiger partial charge in [-0.05, 0) is 44.0 Å². The van der Waals surface area contributed by atoms with Crippen LogP contribution in [0.5, 0.6) is 5.75 Å². The Hall–Kier alpha value is -1.06. The summed E-state index contributed by atoms with van der Waals surface area (Å²) in [5.41, 5.74) is 1.32. The van der Waals surface area contributed by atoms with Crippen LogP contribution in [0.1, 0.15) is 25.8 Å². The molecule has 0 radical (unpaired) electrons. The molecule has 1 aromatic carbocycles. The van der Waals surface area contributed by atoms with E-state index in [-0.39, 0.29) is 0 Å². The van der Waals surface area contributed by atoms with Gasteiger partial charge in [0.25, 0.3) is 0 Å². The first-order valence-electron chi connectivity index (χ1n) is 7.43. The molecular formula is C16H26N2O. The summed E-state index contributed by atoms with van der Waals surface area (Å²) in [5.74, 6) is 0.354. The molecule has 1 aliphatic heterocycles. The van der Waals surface area contributed by atoms with Gasteiger partial charge in [-0.3, -0.25) is 4.90 Å². The molecule has 2 rings (SSSR count). The van der Waals surface area contributed by atoms with Crippen molar-refractivity contribution in [2.24, 2.45) is 0 Å². The molecule has 106 valence electrons. The maximum Gasteiger partial charge on any atom is 0.115 e. The largest absolute Gasteiger partial charge is 0.508 e.